The highest BCUT2D eigenvalue weighted by molar-refractivity contribution is 5.70. The van der Waals surface area contributed by atoms with Crippen LogP contribution in [0.1, 0.15) is 60.2 Å². The van der Waals surface area contributed by atoms with E-state index in [4.69, 9.17) is 5.26 Å². The van der Waals surface area contributed by atoms with E-state index in [1.807, 2.05) is 12.1 Å². The SMILES string of the molecule is C=C(c1ccc(C)c(-c2n[nH]c(CCC)n2)c1)N1CCC(c2ccc(C#N)cc2)CC1. The Kier molecular flexibility index (Phi) is 6.18. The molecule has 1 fully saturated rings. The molecule has 158 valence electrons. The Morgan fingerprint density at radius 3 is 2.61 bits per heavy atom. The van der Waals surface area contributed by atoms with Crippen molar-refractivity contribution in [2.24, 2.45) is 0 Å². The van der Waals surface area contributed by atoms with Crippen molar-refractivity contribution in [3.05, 3.63) is 77.1 Å². The zero-order chi connectivity index (χ0) is 21.8. The maximum atomic E-state index is 9.00. The van der Waals surface area contributed by atoms with Gasteiger partial charge in [0.25, 0.3) is 0 Å². The number of aromatic amines is 1. The third-order valence-corrected chi connectivity index (χ3v) is 6.22. The summed E-state index contributed by atoms with van der Waals surface area (Å²) in [5.74, 6) is 2.23. The lowest BCUT2D eigenvalue weighted by Gasteiger charge is -2.35. The van der Waals surface area contributed by atoms with Crippen molar-refractivity contribution >= 4 is 5.70 Å². The molecule has 2 aromatic carbocycles. The van der Waals surface area contributed by atoms with Gasteiger partial charge in [0, 0.05) is 30.8 Å². The maximum Gasteiger partial charge on any atom is 0.181 e. The number of nitrogens with zero attached hydrogens (tertiary/aromatic N) is 4. The first-order chi connectivity index (χ1) is 15.1. The molecule has 0 atom stereocenters. The Hall–Kier alpha value is -3.39. The van der Waals surface area contributed by atoms with E-state index in [0.717, 1.165) is 78.4 Å². The van der Waals surface area contributed by atoms with Crippen LogP contribution < -0.4 is 0 Å². The fraction of sp³-hybridized carbons (Fsp3) is 0.346. The zero-order valence-electron chi connectivity index (χ0n) is 18.4. The number of piperidine rings is 1. The number of nitriles is 1. The van der Waals surface area contributed by atoms with Crippen LogP contribution in [-0.2, 0) is 6.42 Å². The van der Waals surface area contributed by atoms with Crippen LogP contribution in [0.3, 0.4) is 0 Å². The molecule has 5 nitrogen and oxygen atoms in total. The quantitative estimate of drug-likeness (QED) is 0.585. The monoisotopic (exact) mass is 411 g/mol. The summed E-state index contributed by atoms with van der Waals surface area (Å²) < 4.78 is 0. The normalized spacial score (nSPS) is 14.4. The minimum atomic E-state index is 0.538. The van der Waals surface area contributed by atoms with Gasteiger partial charge in [-0.15, -0.1) is 0 Å². The number of likely N-dealkylation sites (tertiary alicyclic amines) is 1. The van der Waals surface area contributed by atoms with Crippen molar-refractivity contribution in [1.29, 1.82) is 5.26 Å². The van der Waals surface area contributed by atoms with Gasteiger partial charge in [0.2, 0.25) is 0 Å². The number of benzene rings is 2. The number of H-pyrrole nitrogens is 1. The van der Waals surface area contributed by atoms with Crippen LogP contribution in [-0.4, -0.2) is 33.2 Å². The summed E-state index contributed by atoms with van der Waals surface area (Å²) in [7, 11) is 0. The minimum absolute atomic E-state index is 0.538. The van der Waals surface area contributed by atoms with Gasteiger partial charge in [0.05, 0.1) is 11.6 Å². The first-order valence-corrected chi connectivity index (χ1v) is 11.1. The summed E-state index contributed by atoms with van der Waals surface area (Å²) in [6.45, 7) is 10.6. The van der Waals surface area contributed by atoms with Gasteiger partial charge in [-0.05, 0) is 67.0 Å². The zero-order valence-corrected chi connectivity index (χ0v) is 18.4. The van der Waals surface area contributed by atoms with Crippen LogP contribution in [0.15, 0.2) is 49.0 Å². The Balaban J connectivity index is 1.45. The van der Waals surface area contributed by atoms with Gasteiger partial charge in [-0.3, -0.25) is 5.10 Å². The molecule has 0 amide bonds. The molecule has 31 heavy (non-hydrogen) atoms. The molecule has 4 rings (SSSR count). The molecular weight excluding hydrogens is 382 g/mol. The average molecular weight is 412 g/mol. The molecule has 0 radical (unpaired) electrons. The molecule has 1 N–H and O–H groups in total. The van der Waals surface area contributed by atoms with Crippen molar-refractivity contribution in [1.82, 2.24) is 20.1 Å². The smallest absolute Gasteiger partial charge is 0.181 e. The highest BCUT2D eigenvalue weighted by Gasteiger charge is 2.22. The van der Waals surface area contributed by atoms with Crippen molar-refractivity contribution in [3.63, 3.8) is 0 Å². The van der Waals surface area contributed by atoms with Gasteiger partial charge in [0.15, 0.2) is 5.82 Å². The van der Waals surface area contributed by atoms with E-state index in [-0.39, 0.29) is 0 Å². The maximum absolute atomic E-state index is 9.00. The Bertz CT molecular complexity index is 1100. The number of hydrogen-bond acceptors (Lipinski definition) is 4. The van der Waals surface area contributed by atoms with E-state index >= 15 is 0 Å². The molecule has 0 bridgehead atoms. The van der Waals surface area contributed by atoms with Crippen LogP contribution in [0.5, 0.6) is 0 Å². The van der Waals surface area contributed by atoms with Crippen molar-refractivity contribution < 1.29 is 0 Å². The van der Waals surface area contributed by atoms with Crippen LogP contribution in [0, 0.1) is 18.3 Å². The van der Waals surface area contributed by atoms with Gasteiger partial charge in [0.1, 0.15) is 5.82 Å². The van der Waals surface area contributed by atoms with Gasteiger partial charge >= 0.3 is 0 Å². The summed E-state index contributed by atoms with van der Waals surface area (Å²) in [6.07, 6.45) is 4.13. The average Bonchev–Trinajstić information content (AvgIpc) is 3.28. The number of aromatic nitrogens is 3. The van der Waals surface area contributed by atoms with Crippen molar-refractivity contribution in [2.75, 3.05) is 13.1 Å². The first-order valence-electron chi connectivity index (χ1n) is 11.1. The largest absolute Gasteiger partial charge is 0.371 e. The molecule has 5 heteroatoms. The van der Waals surface area contributed by atoms with Gasteiger partial charge in [-0.2, -0.15) is 10.4 Å². The summed E-state index contributed by atoms with van der Waals surface area (Å²) >= 11 is 0. The third kappa shape index (κ3) is 4.54. The number of aryl methyl sites for hydroxylation is 2. The minimum Gasteiger partial charge on any atom is -0.371 e. The Labute approximate surface area is 184 Å². The summed E-state index contributed by atoms with van der Waals surface area (Å²) in [4.78, 5) is 7.05. The molecule has 1 saturated heterocycles. The standard InChI is InChI=1S/C26H29N5/c1-4-5-25-28-26(30-29-25)24-16-23(9-6-18(24)2)19(3)31-14-12-22(13-15-31)21-10-7-20(17-27)8-11-21/h6-11,16,22H,3-5,12-15H2,1-2H3,(H,28,29,30). The molecule has 1 aliphatic rings. The molecule has 0 unspecified atom stereocenters. The summed E-state index contributed by atoms with van der Waals surface area (Å²) in [5, 5.41) is 16.5. The molecule has 0 saturated carbocycles. The number of hydrogen-bond donors (Lipinski definition) is 1. The lowest BCUT2D eigenvalue weighted by molar-refractivity contribution is 0.299. The number of rotatable bonds is 6. The Morgan fingerprint density at radius 1 is 1.19 bits per heavy atom. The molecule has 0 spiro atoms. The van der Waals surface area contributed by atoms with Crippen molar-refractivity contribution in [2.45, 2.75) is 45.4 Å². The van der Waals surface area contributed by atoms with E-state index in [9.17, 15) is 0 Å². The van der Waals surface area contributed by atoms with E-state index in [0.29, 0.717) is 5.92 Å². The fourth-order valence-corrected chi connectivity index (χ4v) is 4.30. The van der Waals surface area contributed by atoms with E-state index in [1.165, 1.54) is 5.56 Å². The molecule has 3 aromatic rings. The molecular formula is C26H29N5. The molecule has 1 aromatic heterocycles. The summed E-state index contributed by atoms with van der Waals surface area (Å²) in [6, 6.07) is 16.7. The second-order valence-corrected chi connectivity index (χ2v) is 8.33. The van der Waals surface area contributed by atoms with Crippen molar-refractivity contribution in [3.8, 4) is 17.5 Å². The van der Waals surface area contributed by atoms with Crippen LogP contribution >= 0.6 is 0 Å². The molecule has 0 aliphatic carbocycles. The van der Waals surface area contributed by atoms with Gasteiger partial charge in [-0.1, -0.05) is 37.8 Å². The van der Waals surface area contributed by atoms with E-state index in [1.54, 1.807) is 0 Å². The topological polar surface area (TPSA) is 68.6 Å². The van der Waals surface area contributed by atoms with Crippen LogP contribution in [0.2, 0.25) is 0 Å². The highest BCUT2D eigenvalue weighted by Crippen LogP contribution is 2.33. The second kappa shape index (κ2) is 9.18. The predicted molar refractivity (Wildman–Crippen MR) is 124 cm³/mol. The van der Waals surface area contributed by atoms with E-state index in [2.05, 4.69) is 76.9 Å². The third-order valence-electron chi connectivity index (χ3n) is 6.22. The fourth-order valence-electron chi connectivity index (χ4n) is 4.30. The second-order valence-electron chi connectivity index (χ2n) is 8.33. The first kappa shape index (κ1) is 20.9. The number of nitrogens with one attached hydrogen (secondary N) is 1. The van der Waals surface area contributed by atoms with Gasteiger partial charge < -0.3 is 4.90 Å². The van der Waals surface area contributed by atoms with E-state index < -0.39 is 0 Å². The lowest BCUT2D eigenvalue weighted by Crippen LogP contribution is -2.31. The van der Waals surface area contributed by atoms with Crippen LogP contribution in [0.4, 0.5) is 0 Å². The molecule has 1 aliphatic heterocycles. The molecule has 2 heterocycles. The van der Waals surface area contributed by atoms with Crippen LogP contribution in [0.25, 0.3) is 17.1 Å². The Morgan fingerprint density at radius 2 is 1.94 bits per heavy atom. The lowest BCUT2D eigenvalue weighted by atomic mass is 9.88. The summed E-state index contributed by atoms with van der Waals surface area (Å²) in [5.41, 5.74) is 6.46. The van der Waals surface area contributed by atoms with Gasteiger partial charge in [-0.25, -0.2) is 4.98 Å². The predicted octanol–water partition coefficient (Wildman–Crippen LogP) is 5.45. The highest BCUT2D eigenvalue weighted by atomic mass is 15.2.